The standard InChI is InChI=1S/C24H26ClN3O2/c1-5-18(4)30-23-12-11-19(13-22(23)25)15-26-27-24(29)20-7-6-8-21(14-20)28-16(2)9-10-17(28)3/h6-15,18H,5H2,1-4H3,(H,27,29)/b26-15-/t18-/m0/s1. The number of hydrogen-bond donors (Lipinski definition) is 1. The molecule has 0 aliphatic rings. The average molecular weight is 424 g/mol. The van der Waals surface area contributed by atoms with Crippen molar-refractivity contribution in [2.45, 2.75) is 40.2 Å². The molecule has 0 bridgehead atoms. The Labute approximate surface area is 182 Å². The van der Waals surface area contributed by atoms with E-state index in [-0.39, 0.29) is 12.0 Å². The number of carbonyl (C=O) groups excluding carboxylic acids is 1. The smallest absolute Gasteiger partial charge is 0.271 e. The first-order valence-electron chi connectivity index (χ1n) is 9.94. The normalized spacial score (nSPS) is 12.2. The summed E-state index contributed by atoms with van der Waals surface area (Å²) >= 11 is 6.28. The van der Waals surface area contributed by atoms with E-state index in [1.165, 1.54) is 0 Å². The zero-order valence-corrected chi connectivity index (χ0v) is 18.4. The second kappa shape index (κ2) is 9.63. The van der Waals surface area contributed by atoms with Gasteiger partial charge in [0.25, 0.3) is 5.91 Å². The van der Waals surface area contributed by atoms with E-state index in [9.17, 15) is 4.79 Å². The van der Waals surface area contributed by atoms with Crippen LogP contribution >= 0.6 is 11.6 Å². The highest BCUT2D eigenvalue weighted by molar-refractivity contribution is 6.32. The van der Waals surface area contributed by atoms with Gasteiger partial charge in [-0.3, -0.25) is 4.79 Å². The fraction of sp³-hybridized carbons (Fsp3) is 0.250. The Bertz CT molecular complexity index is 1050. The van der Waals surface area contributed by atoms with Crippen molar-refractivity contribution >= 4 is 23.7 Å². The molecule has 0 aliphatic heterocycles. The minimum absolute atomic E-state index is 0.0937. The summed E-state index contributed by atoms with van der Waals surface area (Å²) in [4.78, 5) is 12.5. The molecule has 3 rings (SSSR count). The summed E-state index contributed by atoms with van der Waals surface area (Å²) in [6.07, 6.45) is 2.55. The number of halogens is 1. The highest BCUT2D eigenvalue weighted by Gasteiger charge is 2.09. The number of aryl methyl sites for hydroxylation is 2. The molecule has 0 unspecified atom stereocenters. The monoisotopic (exact) mass is 423 g/mol. The van der Waals surface area contributed by atoms with Crippen LogP contribution in [0.4, 0.5) is 0 Å². The van der Waals surface area contributed by atoms with E-state index < -0.39 is 0 Å². The third-order valence-corrected chi connectivity index (χ3v) is 5.17. The van der Waals surface area contributed by atoms with Crippen molar-refractivity contribution < 1.29 is 9.53 Å². The van der Waals surface area contributed by atoms with Gasteiger partial charge in [0.15, 0.2) is 0 Å². The fourth-order valence-corrected chi connectivity index (χ4v) is 3.32. The number of carbonyl (C=O) groups is 1. The Morgan fingerprint density at radius 2 is 1.90 bits per heavy atom. The number of nitrogens with one attached hydrogen (secondary N) is 1. The van der Waals surface area contributed by atoms with Gasteiger partial charge in [-0.2, -0.15) is 5.10 Å². The van der Waals surface area contributed by atoms with Crippen molar-refractivity contribution in [2.24, 2.45) is 5.10 Å². The minimum Gasteiger partial charge on any atom is -0.489 e. The Hall–Kier alpha value is -3.05. The quantitative estimate of drug-likeness (QED) is 0.392. The van der Waals surface area contributed by atoms with Gasteiger partial charge in [0.2, 0.25) is 0 Å². The third-order valence-electron chi connectivity index (χ3n) is 4.88. The summed E-state index contributed by atoms with van der Waals surface area (Å²) in [6, 6.07) is 17.0. The predicted octanol–water partition coefficient (Wildman–Crippen LogP) is 5.69. The van der Waals surface area contributed by atoms with Crippen molar-refractivity contribution in [2.75, 3.05) is 0 Å². The summed E-state index contributed by atoms with van der Waals surface area (Å²) in [5.41, 5.74) is 7.04. The van der Waals surface area contributed by atoms with Crippen LogP contribution in [0.25, 0.3) is 5.69 Å². The van der Waals surface area contributed by atoms with Gasteiger partial charge in [-0.25, -0.2) is 5.43 Å². The molecule has 1 aromatic heterocycles. The van der Waals surface area contributed by atoms with E-state index in [0.717, 1.165) is 29.1 Å². The van der Waals surface area contributed by atoms with Gasteiger partial charge in [0.1, 0.15) is 5.75 Å². The maximum absolute atomic E-state index is 12.5. The Morgan fingerprint density at radius 3 is 2.57 bits per heavy atom. The Kier molecular flexibility index (Phi) is 6.95. The number of aromatic nitrogens is 1. The van der Waals surface area contributed by atoms with Crippen LogP contribution in [0.5, 0.6) is 5.75 Å². The van der Waals surface area contributed by atoms with E-state index in [1.54, 1.807) is 18.3 Å². The molecule has 30 heavy (non-hydrogen) atoms. The molecule has 0 saturated heterocycles. The maximum atomic E-state index is 12.5. The lowest BCUT2D eigenvalue weighted by Gasteiger charge is -2.13. The molecule has 1 N–H and O–H groups in total. The van der Waals surface area contributed by atoms with Crippen LogP contribution in [0, 0.1) is 13.8 Å². The molecule has 1 atom stereocenters. The molecule has 6 heteroatoms. The zero-order chi connectivity index (χ0) is 21.7. The minimum atomic E-state index is -0.279. The average Bonchev–Trinajstić information content (AvgIpc) is 3.07. The molecule has 1 amide bonds. The fourth-order valence-electron chi connectivity index (χ4n) is 3.08. The molecular weight excluding hydrogens is 398 g/mol. The lowest BCUT2D eigenvalue weighted by molar-refractivity contribution is 0.0955. The van der Waals surface area contributed by atoms with Crippen LogP contribution in [-0.4, -0.2) is 22.8 Å². The molecule has 156 valence electrons. The van der Waals surface area contributed by atoms with E-state index >= 15 is 0 Å². The van der Waals surface area contributed by atoms with Crippen molar-refractivity contribution in [1.29, 1.82) is 0 Å². The first-order valence-corrected chi connectivity index (χ1v) is 10.3. The van der Waals surface area contributed by atoms with Gasteiger partial charge in [0, 0.05) is 22.6 Å². The lowest BCUT2D eigenvalue weighted by Crippen LogP contribution is -2.18. The highest BCUT2D eigenvalue weighted by Crippen LogP contribution is 2.26. The number of rotatable bonds is 7. The number of nitrogens with zero attached hydrogens (tertiary/aromatic N) is 2. The van der Waals surface area contributed by atoms with Crippen LogP contribution in [0.3, 0.4) is 0 Å². The molecule has 0 radical (unpaired) electrons. The molecule has 0 spiro atoms. The number of hydrogen-bond acceptors (Lipinski definition) is 3. The Balaban J connectivity index is 1.68. The van der Waals surface area contributed by atoms with E-state index in [2.05, 4.69) is 34.2 Å². The van der Waals surface area contributed by atoms with Gasteiger partial charge >= 0.3 is 0 Å². The SMILES string of the molecule is CC[C@H](C)Oc1ccc(/C=N\NC(=O)c2cccc(-n3c(C)ccc3C)c2)cc1Cl. The number of ether oxygens (including phenoxy) is 1. The van der Waals surface area contributed by atoms with E-state index in [1.807, 2.05) is 51.1 Å². The van der Waals surface area contributed by atoms with Crippen LogP contribution in [0.2, 0.25) is 5.02 Å². The zero-order valence-electron chi connectivity index (χ0n) is 17.6. The van der Waals surface area contributed by atoms with Gasteiger partial charge < -0.3 is 9.30 Å². The van der Waals surface area contributed by atoms with E-state index in [4.69, 9.17) is 16.3 Å². The number of benzene rings is 2. The Morgan fingerprint density at radius 1 is 1.17 bits per heavy atom. The number of amides is 1. The second-order valence-corrected chi connectivity index (χ2v) is 7.63. The largest absolute Gasteiger partial charge is 0.489 e. The van der Waals surface area contributed by atoms with Gasteiger partial charge in [0.05, 0.1) is 17.3 Å². The molecule has 0 aliphatic carbocycles. The molecule has 5 nitrogen and oxygen atoms in total. The molecule has 0 saturated carbocycles. The van der Waals surface area contributed by atoms with E-state index in [0.29, 0.717) is 16.3 Å². The lowest BCUT2D eigenvalue weighted by atomic mass is 10.2. The predicted molar refractivity (Wildman–Crippen MR) is 122 cm³/mol. The van der Waals surface area contributed by atoms with Crippen molar-refractivity contribution in [3.63, 3.8) is 0 Å². The van der Waals surface area contributed by atoms with Crippen LogP contribution < -0.4 is 10.2 Å². The molecule has 3 aromatic rings. The topological polar surface area (TPSA) is 55.6 Å². The van der Waals surface area contributed by atoms with Crippen LogP contribution in [0.1, 0.15) is 47.6 Å². The molecular formula is C24H26ClN3O2. The summed E-state index contributed by atoms with van der Waals surface area (Å²) in [7, 11) is 0. The summed E-state index contributed by atoms with van der Waals surface area (Å²) in [5, 5.41) is 4.57. The first-order chi connectivity index (χ1) is 14.4. The van der Waals surface area contributed by atoms with Crippen molar-refractivity contribution in [1.82, 2.24) is 9.99 Å². The van der Waals surface area contributed by atoms with Crippen molar-refractivity contribution in [3.8, 4) is 11.4 Å². The highest BCUT2D eigenvalue weighted by atomic mass is 35.5. The molecule has 0 fully saturated rings. The summed E-state index contributed by atoms with van der Waals surface area (Å²) in [6.45, 7) is 8.12. The van der Waals surface area contributed by atoms with Crippen molar-refractivity contribution in [3.05, 3.63) is 82.1 Å². The van der Waals surface area contributed by atoms with Crippen LogP contribution in [0.15, 0.2) is 59.7 Å². The molecule has 2 aromatic carbocycles. The first kappa shape index (κ1) is 21.7. The van der Waals surface area contributed by atoms with Crippen LogP contribution in [-0.2, 0) is 0 Å². The van der Waals surface area contributed by atoms with Gasteiger partial charge in [-0.1, -0.05) is 24.6 Å². The summed E-state index contributed by atoms with van der Waals surface area (Å²) in [5.74, 6) is 0.359. The third kappa shape index (κ3) is 5.10. The summed E-state index contributed by atoms with van der Waals surface area (Å²) < 4.78 is 7.86. The van der Waals surface area contributed by atoms with Gasteiger partial charge in [-0.15, -0.1) is 0 Å². The maximum Gasteiger partial charge on any atom is 0.271 e. The van der Waals surface area contributed by atoms with Gasteiger partial charge in [-0.05, 0) is 81.3 Å². The second-order valence-electron chi connectivity index (χ2n) is 7.23. The molecule has 1 heterocycles. The number of hydrazone groups is 1.